The molecule has 37 heavy (non-hydrogen) atoms. The number of carbonyl (C=O) groups is 1. The van der Waals surface area contributed by atoms with Crippen molar-refractivity contribution < 1.29 is 18.0 Å². The number of anilines is 1. The fourth-order valence-electron chi connectivity index (χ4n) is 4.63. The fourth-order valence-corrected chi connectivity index (χ4v) is 4.63. The van der Waals surface area contributed by atoms with Gasteiger partial charge in [0.25, 0.3) is 0 Å². The van der Waals surface area contributed by atoms with Crippen LogP contribution in [0.4, 0.5) is 18.9 Å². The second-order valence-electron chi connectivity index (χ2n) is 10.1. The number of benzene rings is 1. The second-order valence-corrected chi connectivity index (χ2v) is 10.1. The van der Waals surface area contributed by atoms with Crippen molar-refractivity contribution in [1.29, 1.82) is 0 Å². The van der Waals surface area contributed by atoms with Crippen molar-refractivity contribution in [3.63, 3.8) is 0 Å². The van der Waals surface area contributed by atoms with Crippen LogP contribution in [0.5, 0.6) is 0 Å². The topological polar surface area (TPSA) is 46.9 Å². The third kappa shape index (κ3) is 7.44. The van der Waals surface area contributed by atoms with Gasteiger partial charge in [-0.15, -0.1) is 0 Å². The Hall–Kier alpha value is -3.61. The van der Waals surface area contributed by atoms with Crippen LogP contribution in [0.15, 0.2) is 102 Å². The van der Waals surface area contributed by atoms with E-state index >= 15 is 0 Å². The Morgan fingerprint density at radius 1 is 1.16 bits per heavy atom. The highest BCUT2D eigenvalue weighted by Gasteiger charge is 2.34. The number of hydrogen-bond donors (Lipinski definition) is 1. The Kier molecular flexibility index (Phi) is 8.79. The van der Waals surface area contributed by atoms with E-state index in [9.17, 15) is 18.0 Å². The van der Waals surface area contributed by atoms with Gasteiger partial charge in [0, 0.05) is 18.5 Å². The molecule has 7 heteroatoms. The predicted molar refractivity (Wildman–Crippen MR) is 143 cm³/mol. The third-order valence-corrected chi connectivity index (χ3v) is 6.66. The van der Waals surface area contributed by atoms with Gasteiger partial charge in [0.1, 0.15) is 0 Å². The Morgan fingerprint density at radius 2 is 1.89 bits per heavy atom. The number of imidazole rings is 1. The molecule has 0 bridgehead atoms. The lowest BCUT2D eigenvalue weighted by Crippen LogP contribution is -2.25. The maximum Gasteiger partial charge on any atom is 0.418 e. The zero-order valence-electron chi connectivity index (χ0n) is 21.9. The summed E-state index contributed by atoms with van der Waals surface area (Å²) in [6.07, 6.45) is 14.4. The molecule has 0 saturated heterocycles. The van der Waals surface area contributed by atoms with Crippen LogP contribution in [0.3, 0.4) is 0 Å². The first kappa shape index (κ1) is 28.0. The molecule has 196 valence electrons. The lowest BCUT2D eigenvalue weighted by Gasteiger charge is -2.37. The summed E-state index contributed by atoms with van der Waals surface area (Å²) in [4.78, 5) is 16.5. The van der Waals surface area contributed by atoms with E-state index in [0.717, 1.165) is 24.5 Å². The van der Waals surface area contributed by atoms with E-state index in [0.29, 0.717) is 11.6 Å². The lowest BCUT2D eigenvalue weighted by atomic mass is 9.71. The average Bonchev–Trinajstić information content (AvgIpc) is 3.32. The highest BCUT2D eigenvalue weighted by atomic mass is 19.4. The zero-order chi connectivity index (χ0) is 27.2. The molecule has 1 atom stereocenters. The highest BCUT2D eigenvalue weighted by molar-refractivity contribution is 6.00. The van der Waals surface area contributed by atoms with E-state index in [1.165, 1.54) is 35.4 Å². The highest BCUT2D eigenvalue weighted by Crippen LogP contribution is 2.45. The van der Waals surface area contributed by atoms with E-state index in [2.05, 4.69) is 47.8 Å². The number of para-hydroxylation sites is 1. The maximum absolute atomic E-state index is 13.1. The molecule has 1 amide bonds. The molecule has 1 aliphatic carbocycles. The number of allylic oxidation sites excluding steroid dienone is 9. The fraction of sp³-hybridized carbons (Fsp3) is 0.333. The average molecular weight is 510 g/mol. The summed E-state index contributed by atoms with van der Waals surface area (Å²) in [5, 5.41) is 2.32. The number of nitrogens with zero attached hydrogens (tertiary/aromatic N) is 2. The van der Waals surface area contributed by atoms with Crippen LogP contribution < -0.4 is 5.32 Å². The first-order valence-electron chi connectivity index (χ1n) is 12.3. The van der Waals surface area contributed by atoms with Gasteiger partial charge in [0.05, 0.1) is 23.6 Å². The van der Waals surface area contributed by atoms with E-state index in [1.807, 2.05) is 37.8 Å². The summed E-state index contributed by atoms with van der Waals surface area (Å²) in [7, 11) is 0. The number of amides is 1. The van der Waals surface area contributed by atoms with Crippen LogP contribution in [0.25, 0.3) is 0 Å². The zero-order valence-corrected chi connectivity index (χ0v) is 21.9. The molecular weight excluding hydrogens is 475 g/mol. The van der Waals surface area contributed by atoms with Crippen molar-refractivity contribution in [2.75, 3.05) is 5.32 Å². The van der Waals surface area contributed by atoms with Gasteiger partial charge in [0.15, 0.2) is 0 Å². The molecule has 1 N–H and O–H groups in total. The summed E-state index contributed by atoms with van der Waals surface area (Å²) < 4.78 is 41.6. The summed E-state index contributed by atoms with van der Waals surface area (Å²) in [6, 6.07) is 5.22. The van der Waals surface area contributed by atoms with Crippen LogP contribution in [-0.2, 0) is 11.0 Å². The number of carbonyl (C=O) groups excluding carboxylic acids is 1. The van der Waals surface area contributed by atoms with Crippen molar-refractivity contribution in [3.05, 3.63) is 107 Å². The largest absolute Gasteiger partial charge is 0.418 e. The Bertz CT molecular complexity index is 1260. The number of nitrogens with one attached hydrogen (secondary N) is 1. The molecule has 0 radical (unpaired) electrons. The van der Waals surface area contributed by atoms with Crippen LogP contribution in [0.1, 0.15) is 59.1 Å². The lowest BCUT2D eigenvalue weighted by molar-refractivity contribution is -0.136. The number of alkyl halides is 3. The van der Waals surface area contributed by atoms with Gasteiger partial charge >= 0.3 is 6.18 Å². The van der Waals surface area contributed by atoms with Gasteiger partial charge in [-0.1, -0.05) is 61.9 Å². The molecular formula is C30H34F3N3O. The van der Waals surface area contributed by atoms with Crippen molar-refractivity contribution in [2.45, 2.75) is 59.7 Å². The van der Waals surface area contributed by atoms with E-state index in [1.54, 1.807) is 13.0 Å². The predicted octanol–water partition coefficient (Wildman–Crippen LogP) is 8.22. The maximum atomic E-state index is 13.1. The molecule has 1 aromatic carbocycles. The number of aromatic nitrogens is 2. The van der Waals surface area contributed by atoms with Crippen LogP contribution >= 0.6 is 0 Å². The number of rotatable bonds is 7. The minimum atomic E-state index is -4.54. The SMILES string of the molecule is CC1=C(/C=C/C(C)=C/C=C/C(C)=C/C(=O)Nc2ccccc2C(F)(F)F)C(C)(C)CCC1n1ccnc1. The molecule has 0 fully saturated rings. The molecule has 1 aliphatic rings. The van der Waals surface area contributed by atoms with Gasteiger partial charge in [-0.05, 0) is 67.9 Å². The minimum Gasteiger partial charge on any atom is -0.330 e. The number of hydrogen-bond acceptors (Lipinski definition) is 2. The van der Waals surface area contributed by atoms with Crippen molar-refractivity contribution in [1.82, 2.24) is 9.55 Å². The Labute approximate surface area is 217 Å². The molecule has 1 heterocycles. The third-order valence-electron chi connectivity index (χ3n) is 6.66. The van der Waals surface area contributed by atoms with Crippen LogP contribution in [0, 0.1) is 5.41 Å². The summed E-state index contributed by atoms with van der Waals surface area (Å²) in [6.45, 7) is 10.5. The smallest absolute Gasteiger partial charge is 0.330 e. The first-order valence-corrected chi connectivity index (χ1v) is 12.3. The van der Waals surface area contributed by atoms with Gasteiger partial charge in [-0.2, -0.15) is 13.2 Å². The summed E-state index contributed by atoms with van der Waals surface area (Å²) >= 11 is 0. The minimum absolute atomic E-state index is 0.0746. The standard InChI is InChI=1S/C30H34F3N3O/c1-21(13-14-24-23(3)27(15-16-29(24,4)5)36-18-17-34-20-36)9-8-10-22(2)19-28(37)35-26-12-7-6-11-25(26)30(31,32)33/h6-14,17-20,27H,15-16H2,1-5H3,(H,35,37)/b10-8+,14-13+,21-9+,22-19+. The molecule has 0 aliphatic heterocycles. The van der Waals surface area contributed by atoms with Crippen LogP contribution in [0.2, 0.25) is 0 Å². The molecule has 1 unspecified atom stereocenters. The summed E-state index contributed by atoms with van der Waals surface area (Å²) in [5.74, 6) is -0.617. The Morgan fingerprint density at radius 3 is 2.57 bits per heavy atom. The quantitative estimate of drug-likeness (QED) is 0.302. The van der Waals surface area contributed by atoms with Crippen molar-refractivity contribution in [2.24, 2.45) is 5.41 Å². The molecule has 4 nitrogen and oxygen atoms in total. The van der Waals surface area contributed by atoms with Crippen molar-refractivity contribution >= 4 is 11.6 Å². The van der Waals surface area contributed by atoms with Crippen molar-refractivity contribution in [3.8, 4) is 0 Å². The second kappa shape index (κ2) is 11.6. The number of halogens is 3. The molecule has 0 saturated carbocycles. The van der Waals surface area contributed by atoms with E-state index in [4.69, 9.17) is 0 Å². The van der Waals surface area contributed by atoms with Crippen LogP contribution in [-0.4, -0.2) is 15.5 Å². The van der Waals surface area contributed by atoms with Gasteiger partial charge < -0.3 is 9.88 Å². The molecule has 2 aromatic rings. The van der Waals surface area contributed by atoms with E-state index in [-0.39, 0.29) is 11.1 Å². The molecule has 0 spiro atoms. The van der Waals surface area contributed by atoms with Gasteiger partial charge in [-0.3, -0.25) is 4.79 Å². The van der Waals surface area contributed by atoms with Gasteiger partial charge in [0.2, 0.25) is 5.91 Å². The summed E-state index contributed by atoms with van der Waals surface area (Å²) in [5.41, 5.74) is 3.24. The monoisotopic (exact) mass is 509 g/mol. The first-order chi connectivity index (χ1) is 17.4. The molecule has 3 rings (SSSR count). The van der Waals surface area contributed by atoms with Gasteiger partial charge in [-0.25, -0.2) is 4.98 Å². The molecule has 1 aromatic heterocycles. The van der Waals surface area contributed by atoms with E-state index < -0.39 is 17.6 Å². The Balaban J connectivity index is 1.68. The normalized spacial score (nSPS) is 19.2.